The minimum absolute atomic E-state index is 0.362. The first kappa shape index (κ1) is 22.5. The van der Waals surface area contributed by atoms with Crippen LogP contribution in [-0.2, 0) is 16.1 Å². The van der Waals surface area contributed by atoms with Crippen LogP contribution in [0, 0.1) is 0 Å². The zero-order valence-corrected chi connectivity index (χ0v) is 18.8. The molecule has 31 heavy (non-hydrogen) atoms. The molecule has 7 heteroatoms. The van der Waals surface area contributed by atoms with Crippen LogP contribution in [0.2, 0.25) is 0 Å². The van der Waals surface area contributed by atoms with Crippen molar-refractivity contribution in [3.05, 3.63) is 94.0 Å². The number of benzene rings is 3. The monoisotopic (exact) mass is 482 g/mol. The summed E-state index contributed by atoms with van der Waals surface area (Å²) in [5.74, 6) is 0.784. The molecule has 1 N–H and O–H groups in total. The van der Waals surface area contributed by atoms with E-state index in [0.717, 1.165) is 21.2 Å². The summed E-state index contributed by atoms with van der Waals surface area (Å²) in [4.78, 5) is 12.4. The van der Waals surface area contributed by atoms with Gasteiger partial charge in [-0.2, -0.15) is 5.10 Å². The molecule has 0 bridgehead atoms. The normalized spacial score (nSPS) is 11.8. The third-order valence-corrected chi connectivity index (χ3v) is 5.03. The zero-order valence-electron chi connectivity index (χ0n) is 17.2. The van der Waals surface area contributed by atoms with Crippen molar-refractivity contribution in [1.29, 1.82) is 0 Å². The van der Waals surface area contributed by atoms with Crippen LogP contribution in [0.5, 0.6) is 11.5 Å². The Morgan fingerprint density at radius 3 is 2.39 bits per heavy atom. The number of halogens is 1. The Hall–Kier alpha value is -3.16. The van der Waals surface area contributed by atoms with Gasteiger partial charge >= 0.3 is 0 Å². The summed E-state index contributed by atoms with van der Waals surface area (Å²) in [7, 11) is 3.06. The number of carbonyl (C=O) groups is 1. The van der Waals surface area contributed by atoms with Crippen LogP contribution >= 0.6 is 15.9 Å². The van der Waals surface area contributed by atoms with Crippen LogP contribution < -0.4 is 14.9 Å². The van der Waals surface area contributed by atoms with Crippen molar-refractivity contribution in [1.82, 2.24) is 5.43 Å². The molecular formula is C24H23BrN2O4. The van der Waals surface area contributed by atoms with Crippen LogP contribution in [0.25, 0.3) is 0 Å². The van der Waals surface area contributed by atoms with E-state index in [4.69, 9.17) is 14.2 Å². The first-order valence-electron chi connectivity index (χ1n) is 9.57. The van der Waals surface area contributed by atoms with Crippen molar-refractivity contribution in [2.24, 2.45) is 5.10 Å². The second kappa shape index (κ2) is 11.3. The van der Waals surface area contributed by atoms with Crippen molar-refractivity contribution in [2.45, 2.75) is 12.7 Å². The molecule has 0 aliphatic carbocycles. The molecule has 160 valence electrons. The van der Waals surface area contributed by atoms with Gasteiger partial charge in [-0.25, -0.2) is 5.43 Å². The maximum atomic E-state index is 12.4. The molecule has 0 aromatic heterocycles. The van der Waals surface area contributed by atoms with Crippen LogP contribution in [0.4, 0.5) is 0 Å². The van der Waals surface area contributed by atoms with E-state index in [0.29, 0.717) is 18.1 Å². The summed E-state index contributed by atoms with van der Waals surface area (Å²) in [6.45, 7) is 0.414. The maximum Gasteiger partial charge on any atom is 0.273 e. The van der Waals surface area contributed by atoms with E-state index >= 15 is 0 Å². The molecule has 1 amide bonds. The van der Waals surface area contributed by atoms with Crippen molar-refractivity contribution in [3.63, 3.8) is 0 Å². The molecule has 0 aliphatic rings. The van der Waals surface area contributed by atoms with Gasteiger partial charge in [-0.3, -0.25) is 4.79 Å². The summed E-state index contributed by atoms with van der Waals surface area (Å²) >= 11 is 3.52. The van der Waals surface area contributed by atoms with Gasteiger partial charge in [0.05, 0.1) is 17.8 Å². The Balaban J connectivity index is 1.68. The smallest absolute Gasteiger partial charge is 0.273 e. The fraction of sp³-hybridized carbons (Fsp3) is 0.167. The lowest BCUT2D eigenvalue weighted by Gasteiger charge is -2.14. The quantitative estimate of drug-likeness (QED) is 0.348. The van der Waals surface area contributed by atoms with Crippen LogP contribution in [0.1, 0.15) is 22.8 Å². The molecule has 0 saturated heterocycles. The highest BCUT2D eigenvalue weighted by Crippen LogP contribution is 2.36. The number of hydrogen-bond acceptors (Lipinski definition) is 5. The number of methoxy groups -OCH3 is 2. The summed E-state index contributed by atoms with van der Waals surface area (Å²) in [6, 6.07) is 22.7. The summed E-state index contributed by atoms with van der Waals surface area (Å²) in [5.41, 5.74) is 5.05. The lowest BCUT2D eigenvalue weighted by atomic mass is 10.1. The molecular weight excluding hydrogens is 460 g/mol. The number of ether oxygens (including phenoxy) is 3. The van der Waals surface area contributed by atoms with Crippen LogP contribution in [0.3, 0.4) is 0 Å². The Labute approximate surface area is 190 Å². The Bertz CT molecular complexity index is 1030. The van der Waals surface area contributed by atoms with E-state index in [1.54, 1.807) is 13.2 Å². The van der Waals surface area contributed by atoms with E-state index in [2.05, 4.69) is 26.5 Å². The molecule has 0 radical (unpaired) electrons. The molecule has 3 rings (SSSR count). The SMILES string of the molecule is COc1cc(/C=N\NC(=O)[C@H](OC)c2ccccc2)cc(Br)c1OCc1ccccc1. The van der Waals surface area contributed by atoms with Crippen molar-refractivity contribution in [3.8, 4) is 11.5 Å². The third kappa shape index (κ3) is 6.16. The van der Waals surface area contributed by atoms with E-state index in [1.165, 1.54) is 13.3 Å². The largest absolute Gasteiger partial charge is 0.493 e. The van der Waals surface area contributed by atoms with E-state index in [1.807, 2.05) is 66.7 Å². The van der Waals surface area contributed by atoms with Gasteiger partial charge in [-0.05, 0) is 44.8 Å². The second-order valence-electron chi connectivity index (χ2n) is 6.57. The summed E-state index contributed by atoms with van der Waals surface area (Å²) < 4.78 is 17.4. The first-order valence-corrected chi connectivity index (χ1v) is 10.4. The van der Waals surface area contributed by atoms with Gasteiger partial charge in [-0.15, -0.1) is 0 Å². The molecule has 0 aliphatic heterocycles. The fourth-order valence-electron chi connectivity index (χ4n) is 2.94. The summed E-state index contributed by atoms with van der Waals surface area (Å²) in [5, 5.41) is 4.05. The number of hydrazone groups is 1. The van der Waals surface area contributed by atoms with Crippen molar-refractivity contribution < 1.29 is 19.0 Å². The van der Waals surface area contributed by atoms with Crippen molar-refractivity contribution >= 4 is 28.1 Å². The Morgan fingerprint density at radius 1 is 1.06 bits per heavy atom. The van der Waals surface area contributed by atoms with E-state index < -0.39 is 6.10 Å². The zero-order chi connectivity index (χ0) is 22.1. The average Bonchev–Trinajstić information content (AvgIpc) is 2.80. The van der Waals surface area contributed by atoms with Gasteiger partial charge in [0.15, 0.2) is 17.6 Å². The molecule has 1 atom stereocenters. The molecule has 0 unspecified atom stereocenters. The summed E-state index contributed by atoms with van der Waals surface area (Å²) in [6.07, 6.45) is 0.789. The van der Waals surface area contributed by atoms with Gasteiger partial charge in [0.25, 0.3) is 5.91 Å². The fourth-order valence-corrected chi connectivity index (χ4v) is 3.51. The van der Waals surface area contributed by atoms with Gasteiger partial charge in [0.2, 0.25) is 0 Å². The van der Waals surface area contributed by atoms with E-state index in [-0.39, 0.29) is 5.91 Å². The van der Waals surface area contributed by atoms with Gasteiger partial charge in [0.1, 0.15) is 6.61 Å². The third-order valence-electron chi connectivity index (χ3n) is 4.44. The van der Waals surface area contributed by atoms with Crippen LogP contribution in [0.15, 0.2) is 82.4 Å². The highest BCUT2D eigenvalue weighted by molar-refractivity contribution is 9.10. The Morgan fingerprint density at radius 2 is 1.74 bits per heavy atom. The number of amides is 1. The molecule has 0 heterocycles. The number of nitrogens with one attached hydrogen (secondary N) is 1. The topological polar surface area (TPSA) is 69.2 Å². The van der Waals surface area contributed by atoms with E-state index in [9.17, 15) is 4.79 Å². The lowest BCUT2D eigenvalue weighted by molar-refractivity contribution is -0.131. The maximum absolute atomic E-state index is 12.4. The number of rotatable bonds is 9. The highest BCUT2D eigenvalue weighted by Gasteiger charge is 2.19. The molecule has 0 fully saturated rings. The molecule has 0 spiro atoms. The standard InChI is InChI=1S/C24H23BrN2O4/c1-29-21-14-18(13-20(25)23(21)31-16-17-9-5-3-6-10-17)15-26-27-24(28)22(30-2)19-11-7-4-8-12-19/h3-15,22H,16H2,1-2H3,(H,27,28)/b26-15-/t22-/m1/s1. The molecule has 0 saturated carbocycles. The Kier molecular flexibility index (Phi) is 8.20. The predicted octanol–water partition coefficient (Wildman–Crippen LogP) is 4.87. The number of carbonyl (C=O) groups excluding carboxylic acids is 1. The first-order chi connectivity index (χ1) is 15.1. The lowest BCUT2D eigenvalue weighted by Crippen LogP contribution is -2.26. The molecule has 6 nitrogen and oxygen atoms in total. The second-order valence-corrected chi connectivity index (χ2v) is 7.42. The number of hydrogen-bond donors (Lipinski definition) is 1. The molecule has 3 aromatic carbocycles. The van der Waals surface area contributed by atoms with Gasteiger partial charge < -0.3 is 14.2 Å². The minimum atomic E-state index is -0.742. The van der Waals surface area contributed by atoms with Gasteiger partial charge in [-0.1, -0.05) is 60.7 Å². The minimum Gasteiger partial charge on any atom is -0.493 e. The molecule has 3 aromatic rings. The average molecular weight is 483 g/mol. The van der Waals surface area contributed by atoms with Crippen molar-refractivity contribution in [2.75, 3.05) is 14.2 Å². The van der Waals surface area contributed by atoms with Crippen LogP contribution in [-0.4, -0.2) is 26.3 Å². The highest BCUT2D eigenvalue weighted by atomic mass is 79.9. The number of nitrogens with zero attached hydrogens (tertiary/aromatic N) is 1. The van der Waals surface area contributed by atoms with Gasteiger partial charge in [0, 0.05) is 7.11 Å². The predicted molar refractivity (Wildman–Crippen MR) is 123 cm³/mol.